The van der Waals surface area contributed by atoms with Gasteiger partial charge in [0.15, 0.2) is 0 Å². The normalized spacial score (nSPS) is 12.0. The van der Waals surface area contributed by atoms with E-state index in [2.05, 4.69) is 15.8 Å². The summed E-state index contributed by atoms with van der Waals surface area (Å²) in [5.41, 5.74) is 2.27. The summed E-state index contributed by atoms with van der Waals surface area (Å²) in [6.07, 6.45) is 0. The molecule has 0 fully saturated rings. The van der Waals surface area contributed by atoms with Crippen LogP contribution in [0.2, 0.25) is 0 Å². The Labute approximate surface area is 123 Å². The minimum atomic E-state index is -0.259. The van der Waals surface area contributed by atoms with Crippen molar-refractivity contribution in [3.8, 4) is 0 Å². The average Bonchev–Trinajstić information content (AvgIpc) is 2.91. The van der Waals surface area contributed by atoms with E-state index in [4.69, 9.17) is 9.63 Å². The zero-order valence-electron chi connectivity index (χ0n) is 12.1. The third kappa shape index (κ3) is 4.32. The Hall–Kier alpha value is -2.34. The molecule has 0 saturated carbocycles. The van der Waals surface area contributed by atoms with Crippen molar-refractivity contribution in [3.05, 3.63) is 47.3 Å². The number of hydrogen-bond acceptors (Lipinski definition) is 5. The molecular formula is C15H19N3O3. The lowest BCUT2D eigenvalue weighted by atomic mass is 10.2. The number of aryl methyl sites for hydroxylation is 1. The van der Waals surface area contributed by atoms with Crippen molar-refractivity contribution < 1.29 is 14.4 Å². The molecule has 6 nitrogen and oxygen atoms in total. The van der Waals surface area contributed by atoms with Gasteiger partial charge in [0.25, 0.3) is 5.91 Å². The van der Waals surface area contributed by atoms with E-state index in [1.165, 1.54) is 0 Å². The quantitative estimate of drug-likeness (QED) is 0.753. The molecule has 2 aromatic rings. The summed E-state index contributed by atoms with van der Waals surface area (Å²) in [6.45, 7) is 4.07. The maximum absolute atomic E-state index is 11.8. The number of rotatable bonds is 6. The van der Waals surface area contributed by atoms with Crippen LogP contribution in [-0.2, 0) is 6.54 Å². The SMILES string of the molecule is Cc1cc(CNc2ccc(C(=O)NC(C)CO)cc2)no1. The summed E-state index contributed by atoms with van der Waals surface area (Å²) in [5.74, 6) is 0.576. The number of aliphatic hydroxyl groups excluding tert-OH is 1. The van der Waals surface area contributed by atoms with Crippen LogP contribution in [0.15, 0.2) is 34.9 Å². The van der Waals surface area contributed by atoms with Gasteiger partial charge in [-0.25, -0.2) is 0 Å². The summed E-state index contributed by atoms with van der Waals surface area (Å²) >= 11 is 0. The van der Waals surface area contributed by atoms with Gasteiger partial charge in [0, 0.05) is 23.4 Å². The molecule has 112 valence electrons. The molecule has 0 spiro atoms. The Morgan fingerprint density at radius 2 is 2.10 bits per heavy atom. The van der Waals surface area contributed by atoms with Crippen LogP contribution >= 0.6 is 0 Å². The highest BCUT2D eigenvalue weighted by molar-refractivity contribution is 5.94. The van der Waals surface area contributed by atoms with Crippen molar-refractivity contribution in [3.63, 3.8) is 0 Å². The Balaban J connectivity index is 1.91. The second-order valence-corrected chi connectivity index (χ2v) is 4.92. The van der Waals surface area contributed by atoms with Crippen LogP contribution in [0.3, 0.4) is 0 Å². The number of aromatic nitrogens is 1. The van der Waals surface area contributed by atoms with Crippen LogP contribution in [0, 0.1) is 6.92 Å². The number of benzene rings is 1. The number of anilines is 1. The molecule has 0 saturated heterocycles. The molecule has 0 aliphatic carbocycles. The zero-order chi connectivity index (χ0) is 15.2. The molecule has 6 heteroatoms. The van der Waals surface area contributed by atoms with E-state index in [-0.39, 0.29) is 18.6 Å². The smallest absolute Gasteiger partial charge is 0.251 e. The van der Waals surface area contributed by atoms with Crippen molar-refractivity contribution in [2.45, 2.75) is 26.4 Å². The van der Waals surface area contributed by atoms with Crippen molar-refractivity contribution in [2.24, 2.45) is 0 Å². The van der Waals surface area contributed by atoms with Gasteiger partial charge in [-0.2, -0.15) is 0 Å². The van der Waals surface area contributed by atoms with Gasteiger partial charge in [0.05, 0.1) is 13.2 Å². The topological polar surface area (TPSA) is 87.4 Å². The van der Waals surface area contributed by atoms with Crippen LogP contribution in [-0.4, -0.2) is 28.8 Å². The fourth-order valence-corrected chi connectivity index (χ4v) is 1.79. The molecule has 2 rings (SSSR count). The molecule has 1 heterocycles. The van der Waals surface area contributed by atoms with Crippen LogP contribution < -0.4 is 10.6 Å². The highest BCUT2D eigenvalue weighted by Crippen LogP contribution is 2.11. The summed E-state index contributed by atoms with van der Waals surface area (Å²) < 4.78 is 4.99. The van der Waals surface area contributed by atoms with E-state index < -0.39 is 0 Å². The number of carbonyl (C=O) groups excluding carboxylic acids is 1. The lowest BCUT2D eigenvalue weighted by molar-refractivity contribution is 0.0922. The molecule has 0 radical (unpaired) electrons. The Morgan fingerprint density at radius 1 is 1.38 bits per heavy atom. The summed E-state index contributed by atoms with van der Waals surface area (Å²) in [7, 11) is 0. The summed E-state index contributed by atoms with van der Waals surface area (Å²) in [6, 6.07) is 8.72. The standard InChI is InChI=1S/C15H19N3O3/c1-10(9-19)17-15(20)12-3-5-13(6-4-12)16-8-14-7-11(2)21-18-14/h3-7,10,16,19H,8-9H2,1-2H3,(H,17,20). The largest absolute Gasteiger partial charge is 0.394 e. The number of nitrogens with one attached hydrogen (secondary N) is 2. The van der Waals surface area contributed by atoms with Gasteiger partial charge >= 0.3 is 0 Å². The molecular weight excluding hydrogens is 270 g/mol. The number of carbonyl (C=O) groups is 1. The average molecular weight is 289 g/mol. The van der Waals surface area contributed by atoms with Crippen LogP contribution in [0.5, 0.6) is 0 Å². The maximum Gasteiger partial charge on any atom is 0.251 e. The van der Waals surface area contributed by atoms with Gasteiger partial charge in [-0.15, -0.1) is 0 Å². The van der Waals surface area contributed by atoms with Crippen molar-refractivity contribution in [1.29, 1.82) is 0 Å². The Kier molecular flexibility index (Phi) is 4.94. The Morgan fingerprint density at radius 3 is 2.67 bits per heavy atom. The minimum absolute atomic E-state index is 0.0809. The van der Waals surface area contributed by atoms with E-state index in [1.54, 1.807) is 19.1 Å². The van der Waals surface area contributed by atoms with Gasteiger partial charge in [0.2, 0.25) is 0 Å². The van der Waals surface area contributed by atoms with Crippen molar-refractivity contribution in [1.82, 2.24) is 10.5 Å². The van der Waals surface area contributed by atoms with E-state index in [0.717, 1.165) is 17.1 Å². The number of aliphatic hydroxyl groups is 1. The first kappa shape index (κ1) is 15.1. The first-order chi connectivity index (χ1) is 10.1. The molecule has 3 N–H and O–H groups in total. The fraction of sp³-hybridized carbons (Fsp3) is 0.333. The molecule has 1 unspecified atom stereocenters. The lowest BCUT2D eigenvalue weighted by Gasteiger charge is -2.11. The van der Waals surface area contributed by atoms with E-state index in [1.807, 2.05) is 25.1 Å². The third-order valence-electron chi connectivity index (χ3n) is 2.95. The highest BCUT2D eigenvalue weighted by Gasteiger charge is 2.08. The predicted molar refractivity (Wildman–Crippen MR) is 79.0 cm³/mol. The summed E-state index contributed by atoms with van der Waals surface area (Å²) in [4.78, 5) is 11.8. The molecule has 21 heavy (non-hydrogen) atoms. The van der Waals surface area contributed by atoms with Crippen LogP contribution in [0.25, 0.3) is 0 Å². The van der Waals surface area contributed by atoms with E-state index >= 15 is 0 Å². The molecule has 1 aromatic carbocycles. The van der Waals surface area contributed by atoms with Gasteiger partial charge in [-0.05, 0) is 38.1 Å². The fourth-order valence-electron chi connectivity index (χ4n) is 1.79. The first-order valence-electron chi connectivity index (χ1n) is 6.76. The van der Waals surface area contributed by atoms with Crippen molar-refractivity contribution >= 4 is 11.6 Å². The van der Waals surface area contributed by atoms with Gasteiger partial charge in [-0.1, -0.05) is 5.16 Å². The van der Waals surface area contributed by atoms with Crippen LogP contribution in [0.1, 0.15) is 28.7 Å². The molecule has 1 amide bonds. The molecule has 0 aliphatic heterocycles. The van der Waals surface area contributed by atoms with Gasteiger partial charge in [-0.3, -0.25) is 4.79 Å². The Bertz CT molecular complexity index is 592. The number of amides is 1. The van der Waals surface area contributed by atoms with Gasteiger partial charge in [0.1, 0.15) is 11.5 Å². The molecule has 1 aromatic heterocycles. The number of nitrogens with zero attached hydrogens (tertiary/aromatic N) is 1. The second-order valence-electron chi connectivity index (χ2n) is 4.92. The third-order valence-corrected chi connectivity index (χ3v) is 2.95. The number of hydrogen-bond donors (Lipinski definition) is 3. The highest BCUT2D eigenvalue weighted by atomic mass is 16.5. The van der Waals surface area contributed by atoms with E-state index in [0.29, 0.717) is 12.1 Å². The molecule has 0 bridgehead atoms. The maximum atomic E-state index is 11.8. The second kappa shape index (κ2) is 6.90. The lowest BCUT2D eigenvalue weighted by Crippen LogP contribution is -2.34. The molecule has 1 atom stereocenters. The van der Waals surface area contributed by atoms with Crippen molar-refractivity contribution in [2.75, 3.05) is 11.9 Å². The minimum Gasteiger partial charge on any atom is -0.394 e. The first-order valence-corrected chi connectivity index (χ1v) is 6.76. The van der Waals surface area contributed by atoms with Gasteiger partial charge < -0.3 is 20.3 Å². The predicted octanol–water partition coefficient (Wildman–Crippen LogP) is 1.71. The van der Waals surface area contributed by atoms with E-state index in [9.17, 15) is 4.79 Å². The summed E-state index contributed by atoms with van der Waals surface area (Å²) in [5, 5.41) is 18.7. The zero-order valence-corrected chi connectivity index (χ0v) is 12.1. The molecule has 0 aliphatic rings. The van der Waals surface area contributed by atoms with Crippen LogP contribution in [0.4, 0.5) is 5.69 Å². The monoisotopic (exact) mass is 289 g/mol.